The third-order valence-electron chi connectivity index (χ3n) is 4.28. The quantitative estimate of drug-likeness (QED) is 0.536. The normalized spacial score (nSPS) is 15.0. The Bertz CT molecular complexity index is 837. The van der Waals surface area contributed by atoms with E-state index in [1.807, 2.05) is 0 Å². The molecule has 1 atom stereocenters. The maximum Gasteiger partial charge on any atom is 0.255 e. The van der Waals surface area contributed by atoms with Crippen LogP contribution in [0, 0.1) is 0 Å². The first-order chi connectivity index (χ1) is 13.2. The van der Waals surface area contributed by atoms with Gasteiger partial charge in [-0.05, 0) is 38.8 Å². The molecule has 0 bridgehead atoms. The summed E-state index contributed by atoms with van der Waals surface area (Å²) < 4.78 is 13.9. The number of anilines is 3. The molecule has 150 valence electrons. The second-order valence-corrected chi connectivity index (χ2v) is 7.79. The lowest BCUT2D eigenvalue weighted by Gasteiger charge is -2.22. The van der Waals surface area contributed by atoms with Crippen LogP contribution in [0.15, 0.2) is 30.6 Å². The Kier molecular flexibility index (Phi) is 6.00. The smallest absolute Gasteiger partial charge is 0.255 e. The molecule has 0 aromatic carbocycles. The Balaban J connectivity index is 1.74. The van der Waals surface area contributed by atoms with Crippen molar-refractivity contribution in [2.24, 2.45) is 0 Å². The minimum Gasteiger partial charge on any atom is -0.387 e. The van der Waals surface area contributed by atoms with Gasteiger partial charge in [-0.1, -0.05) is 11.6 Å². The van der Waals surface area contributed by atoms with Crippen LogP contribution in [-0.2, 0) is 0 Å². The zero-order valence-corrected chi connectivity index (χ0v) is 16.4. The molecule has 2 aromatic heterocycles. The van der Waals surface area contributed by atoms with Crippen molar-refractivity contribution in [3.8, 4) is 0 Å². The highest BCUT2D eigenvalue weighted by Gasteiger charge is 2.28. The predicted molar refractivity (Wildman–Crippen MR) is 107 cm³/mol. The molecule has 1 amide bonds. The first-order valence-corrected chi connectivity index (χ1v) is 9.40. The van der Waals surface area contributed by atoms with Gasteiger partial charge >= 0.3 is 0 Å². The van der Waals surface area contributed by atoms with Crippen LogP contribution in [0.2, 0.25) is 5.02 Å². The van der Waals surface area contributed by atoms with Gasteiger partial charge in [-0.3, -0.25) is 4.79 Å². The van der Waals surface area contributed by atoms with Crippen molar-refractivity contribution in [1.29, 1.82) is 0 Å². The fraction of sp³-hybridized carbons (Fsp3) is 0.421. The van der Waals surface area contributed by atoms with Crippen LogP contribution in [0.4, 0.5) is 21.7 Å². The van der Waals surface area contributed by atoms with E-state index in [4.69, 9.17) is 11.6 Å². The van der Waals surface area contributed by atoms with Crippen LogP contribution in [0.5, 0.6) is 0 Å². The summed E-state index contributed by atoms with van der Waals surface area (Å²) in [5.74, 6) is 0.616. The van der Waals surface area contributed by atoms with Crippen LogP contribution < -0.4 is 16.0 Å². The highest BCUT2D eigenvalue weighted by Crippen LogP contribution is 2.28. The van der Waals surface area contributed by atoms with Gasteiger partial charge in [-0.25, -0.2) is 14.4 Å². The van der Waals surface area contributed by atoms with E-state index in [-0.39, 0.29) is 6.54 Å². The van der Waals surface area contributed by atoms with Gasteiger partial charge in [0.1, 0.15) is 17.8 Å². The molecule has 7 nitrogen and oxygen atoms in total. The van der Waals surface area contributed by atoms with E-state index in [1.165, 1.54) is 26.2 Å². The summed E-state index contributed by atoms with van der Waals surface area (Å²) >= 11 is 5.84. The number of hydrogen-bond acceptors (Lipinski definition) is 6. The van der Waals surface area contributed by atoms with Gasteiger partial charge in [0, 0.05) is 24.5 Å². The zero-order chi connectivity index (χ0) is 20.3. The summed E-state index contributed by atoms with van der Waals surface area (Å²) in [4.78, 5) is 20.9. The number of nitrogens with zero attached hydrogens (tertiary/aromatic N) is 2. The molecule has 1 saturated carbocycles. The molecular formula is C19H23ClFN5O2. The summed E-state index contributed by atoms with van der Waals surface area (Å²) in [5.41, 5.74) is -0.616. The third-order valence-corrected chi connectivity index (χ3v) is 4.50. The number of rotatable bonds is 8. The standard InChI is InChI=1S/C19H23ClFN5O2/c1-19(2,28)15(21)10-24-18(27)13-9-23-17(7-14(13)25-12-4-5-12)26-16-6-3-11(20)8-22-16/h3,6-9,12,15,28H,4-5,10H2,1-2H3,(H,24,27)(H2,22,23,25,26)/t15-/m1/s1. The molecule has 1 aliphatic rings. The van der Waals surface area contributed by atoms with Crippen LogP contribution in [0.3, 0.4) is 0 Å². The van der Waals surface area contributed by atoms with E-state index in [2.05, 4.69) is 25.9 Å². The van der Waals surface area contributed by atoms with E-state index < -0.39 is 17.7 Å². The van der Waals surface area contributed by atoms with Gasteiger partial charge < -0.3 is 21.1 Å². The number of carbonyl (C=O) groups is 1. The number of aromatic nitrogens is 2. The van der Waals surface area contributed by atoms with E-state index in [0.29, 0.717) is 34.0 Å². The summed E-state index contributed by atoms with van der Waals surface area (Å²) in [6, 6.07) is 5.45. The predicted octanol–water partition coefficient (Wildman–Crippen LogP) is 3.29. The number of alkyl halides is 1. The van der Waals surface area contributed by atoms with E-state index in [9.17, 15) is 14.3 Å². The molecule has 3 rings (SSSR count). The molecule has 2 heterocycles. The highest BCUT2D eigenvalue weighted by atomic mass is 35.5. The van der Waals surface area contributed by atoms with Crippen molar-refractivity contribution in [3.63, 3.8) is 0 Å². The average Bonchev–Trinajstić information content (AvgIpc) is 3.45. The molecule has 0 saturated heterocycles. The van der Waals surface area contributed by atoms with Gasteiger partial charge in [0.25, 0.3) is 5.91 Å². The fourth-order valence-corrected chi connectivity index (χ4v) is 2.49. The Morgan fingerprint density at radius 3 is 2.64 bits per heavy atom. The molecule has 0 aliphatic heterocycles. The first kappa shape index (κ1) is 20.3. The fourth-order valence-electron chi connectivity index (χ4n) is 2.38. The van der Waals surface area contributed by atoms with Crippen molar-refractivity contribution in [3.05, 3.63) is 41.2 Å². The number of nitrogens with one attached hydrogen (secondary N) is 3. The number of amides is 1. The van der Waals surface area contributed by atoms with Gasteiger partial charge in [0.05, 0.1) is 28.4 Å². The first-order valence-electron chi connectivity index (χ1n) is 9.02. The van der Waals surface area contributed by atoms with Crippen LogP contribution >= 0.6 is 11.6 Å². The van der Waals surface area contributed by atoms with E-state index in [0.717, 1.165) is 12.8 Å². The van der Waals surface area contributed by atoms with Crippen molar-refractivity contribution in [1.82, 2.24) is 15.3 Å². The van der Waals surface area contributed by atoms with Gasteiger partial charge in [0.15, 0.2) is 0 Å². The number of pyridine rings is 2. The average molecular weight is 408 g/mol. The van der Waals surface area contributed by atoms with Crippen molar-refractivity contribution < 1.29 is 14.3 Å². The molecule has 4 N–H and O–H groups in total. The highest BCUT2D eigenvalue weighted by molar-refractivity contribution is 6.30. The van der Waals surface area contributed by atoms with Crippen LogP contribution in [-0.4, -0.2) is 45.3 Å². The number of carbonyl (C=O) groups excluding carboxylic acids is 1. The molecule has 9 heteroatoms. The number of halogens is 2. The summed E-state index contributed by atoms with van der Waals surface area (Å²) in [6.07, 6.45) is 3.41. The molecule has 0 spiro atoms. The van der Waals surface area contributed by atoms with Gasteiger partial charge in [-0.2, -0.15) is 0 Å². The van der Waals surface area contributed by atoms with E-state index >= 15 is 0 Å². The van der Waals surface area contributed by atoms with Gasteiger partial charge in [-0.15, -0.1) is 0 Å². The van der Waals surface area contributed by atoms with Crippen LogP contribution in [0.25, 0.3) is 0 Å². The minimum absolute atomic E-state index is 0.292. The Labute approximate surface area is 167 Å². The lowest BCUT2D eigenvalue weighted by Crippen LogP contribution is -2.42. The molecule has 0 radical (unpaired) electrons. The minimum atomic E-state index is -1.58. The molecule has 2 aromatic rings. The maximum absolute atomic E-state index is 13.9. The van der Waals surface area contributed by atoms with Gasteiger partial charge in [0.2, 0.25) is 0 Å². The maximum atomic E-state index is 13.9. The Hall–Kier alpha value is -2.45. The SMILES string of the molecule is CC(C)(O)[C@H](F)CNC(=O)c1cnc(Nc2ccc(Cl)cn2)cc1NC1CC1. The second kappa shape index (κ2) is 8.28. The second-order valence-electron chi connectivity index (χ2n) is 7.35. The third kappa shape index (κ3) is 5.53. The lowest BCUT2D eigenvalue weighted by atomic mass is 10.0. The lowest BCUT2D eigenvalue weighted by molar-refractivity contribution is -0.00177. The summed E-state index contributed by atoms with van der Waals surface area (Å²) in [6.45, 7) is 2.42. The summed E-state index contributed by atoms with van der Waals surface area (Å²) in [5, 5.41) is 19.1. The monoisotopic (exact) mass is 407 g/mol. The molecule has 1 aliphatic carbocycles. The summed E-state index contributed by atoms with van der Waals surface area (Å²) in [7, 11) is 0. The van der Waals surface area contributed by atoms with Crippen molar-refractivity contribution in [2.75, 3.05) is 17.2 Å². The molecule has 0 unspecified atom stereocenters. The van der Waals surface area contributed by atoms with E-state index in [1.54, 1.807) is 18.2 Å². The Morgan fingerprint density at radius 1 is 1.32 bits per heavy atom. The largest absolute Gasteiger partial charge is 0.387 e. The zero-order valence-electron chi connectivity index (χ0n) is 15.7. The van der Waals surface area contributed by atoms with Crippen LogP contribution in [0.1, 0.15) is 37.0 Å². The van der Waals surface area contributed by atoms with Crippen molar-refractivity contribution in [2.45, 2.75) is 44.5 Å². The molecular weight excluding hydrogens is 385 g/mol. The molecule has 28 heavy (non-hydrogen) atoms. The molecule has 1 fully saturated rings. The Morgan fingerprint density at radius 2 is 2.04 bits per heavy atom. The number of hydrogen-bond donors (Lipinski definition) is 4. The van der Waals surface area contributed by atoms with Crippen molar-refractivity contribution >= 4 is 34.8 Å². The number of aliphatic hydroxyl groups is 1. The topological polar surface area (TPSA) is 99.2 Å².